The summed E-state index contributed by atoms with van der Waals surface area (Å²) in [6, 6.07) is 23.1. The molecule has 0 radical (unpaired) electrons. The van der Waals surface area contributed by atoms with Crippen molar-refractivity contribution in [3.05, 3.63) is 100 Å². The number of hydrogen-bond acceptors (Lipinski definition) is 6. The Bertz CT molecular complexity index is 1460. The van der Waals surface area contributed by atoms with Gasteiger partial charge in [0.2, 0.25) is 0 Å². The van der Waals surface area contributed by atoms with Crippen LogP contribution in [0.3, 0.4) is 0 Å². The number of aromatic carboxylic acids is 1. The number of anilines is 2. The molecule has 1 aliphatic rings. The lowest BCUT2D eigenvalue weighted by molar-refractivity contribution is -0.121. The molecule has 212 valence electrons. The predicted molar refractivity (Wildman–Crippen MR) is 164 cm³/mol. The van der Waals surface area contributed by atoms with Crippen molar-refractivity contribution in [2.24, 2.45) is 0 Å². The van der Waals surface area contributed by atoms with E-state index in [2.05, 4.69) is 24.3 Å². The van der Waals surface area contributed by atoms with Crippen molar-refractivity contribution >= 4 is 34.0 Å². The van der Waals surface area contributed by atoms with E-state index in [-0.39, 0.29) is 11.5 Å². The fourth-order valence-corrected chi connectivity index (χ4v) is 6.20. The minimum atomic E-state index is -0.937. The van der Waals surface area contributed by atoms with Gasteiger partial charge in [-0.2, -0.15) is 0 Å². The van der Waals surface area contributed by atoms with Crippen molar-refractivity contribution < 1.29 is 19.8 Å². The van der Waals surface area contributed by atoms with Crippen LogP contribution in [0.4, 0.5) is 10.8 Å². The monoisotopic (exact) mass is 569 g/mol. The molecule has 1 aromatic heterocycles. The van der Waals surface area contributed by atoms with Crippen LogP contribution < -0.4 is 9.80 Å². The van der Waals surface area contributed by atoms with Gasteiger partial charge in [0.1, 0.15) is 6.61 Å². The molecule has 2 N–H and O–H groups in total. The molecule has 1 heterocycles. The van der Waals surface area contributed by atoms with Gasteiger partial charge in [-0.1, -0.05) is 67.8 Å². The number of aliphatic hydroxyl groups excluding tert-OH is 1. The third-order valence-corrected chi connectivity index (χ3v) is 8.70. The number of nitrogens with zero attached hydrogens (tertiary/aromatic N) is 3. The molecule has 0 spiro atoms. The van der Waals surface area contributed by atoms with Gasteiger partial charge in [0, 0.05) is 30.2 Å². The van der Waals surface area contributed by atoms with Gasteiger partial charge in [0.05, 0.1) is 17.8 Å². The highest BCUT2D eigenvalue weighted by molar-refractivity contribution is 7.14. The third kappa shape index (κ3) is 7.01. The molecule has 0 unspecified atom stereocenters. The Morgan fingerprint density at radius 2 is 1.51 bits per heavy atom. The van der Waals surface area contributed by atoms with Crippen molar-refractivity contribution in [3.8, 4) is 11.3 Å². The largest absolute Gasteiger partial charge is 0.478 e. The normalized spacial score (nSPS) is 13.6. The number of aromatic nitrogens is 1. The van der Waals surface area contributed by atoms with Crippen LogP contribution in [0.2, 0.25) is 0 Å². The SMILES string of the molecule is CN(Cc1ccc(C(=O)O)cc1)c1nc(-c2ccc(N(Cc3ccc(C4CCCCC4)cc3)C(=O)CO)cc2)cs1. The molecule has 0 bridgehead atoms. The third-order valence-electron chi connectivity index (χ3n) is 7.75. The Morgan fingerprint density at radius 3 is 2.15 bits per heavy atom. The molecule has 8 heteroatoms. The molecule has 3 aromatic carbocycles. The van der Waals surface area contributed by atoms with Crippen LogP contribution in [0.5, 0.6) is 0 Å². The fraction of sp³-hybridized carbons (Fsp3) is 0.303. The Labute approximate surface area is 244 Å². The number of hydrogen-bond donors (Lipinski definition) is 2. The number of carbonyl (C=O) groups is 2. The first-order chi connectivity index (χ1) is 19.9. The lowest BCUT2D eigenvalue weighted by Crippen LogP contribution is -2.32. The summed E-state index contributed by atoms with van der Waals surface area (Å²) < 4.78 is 0. The zero-order valence-corrected chi connectivity index (χ0v) is 24.0. The first kappa shape index (κ1) is 28.5. The van der Waals surface area contributed by atoms with E-state index in [0.29, 0.717) is 19.0 Å². The van der Waals surface area contributed by atoms with E-state index in [1.807, 2.05) is 53.7 Å². The standard InChI is InChI=1S/C33H35N3O4S/c1-35(19-23-9-13-28(14-10-23)32(39)40)33-34-30(22-41-33)27-15-17-29(18-16-27)36(31(38)21-37)20-24-7-11-26(12-8-24)25-5-3-2-4-6-25/h7-18,22,25,37H,2-6,19-21H2,1H3,(H,39,40). The summed E-state index contributed by atoms with van der Waals surface area (Å²) in [5, 5.41) is 21.6. The number of carbonyl (C=O) groups excluding carboxylic acids is 1. The van der Waals surface area contributed by atoms with Crippen molar-refractivity contribution in [2.45, 2.75) is 51.1 Å². The maximum Gasteiger partial charge on any atom is 0.335 e. The average Bonchev–Trinajstić information content (AvgIpc) is 3.51. The van der Waals surface area contributed by atoms with Crippen LogP contribution in [0.15, 0.2) is 78.2 Å². The van der Waals surface area contributed by atoms with E-state index in [1.54, 1.807) is 17.0 Å². The molecule has 0 atom stereocenters. The van der Waals surface area contributed by atoms with Crippen LogP contribution in [-0.4, -0.2) is 40.7 Å². The maximum atomic E-state index is 12.7. The molecule has 7 nitrogen and oxygen atoms in total. The summed E-state index contributed by atoms with van der Waals surface area (Å²) in [5.74, 6) is -0.646. The minimum absolute atomic E-state index is 0.267. The molecule has 5 rings (SSSR count). The van der Waals surface area contributed by atoms with Crippen molar-refractivity contribution in [1.82, 2.24) is 4.98 Å². The second-order valence-corrected chi connectivity index (χ2v) is 11.5. The van der Waals surface area contributed by atoms with Gasteiger partial charge in [-0.15, -0.1) is 11.3 Å². The second-order valence-electron chi connectivity index (χ2n) is 10.6. The molecule has 1 amide bonds. The summed E-state index contributed by atoms with van der Waals surface area (Å²) in [7, 11) is 1.96. The van der Waals surface area contributed by atoms with E-state index in [4.69, 9.17) is 10.1 Å². The van der Waals surface area contributed by atoms with E-state index in [0.717, 1.165) is 33.2 Å². The van der Waals surface area contributed by atoms with Gasteiger partial charge >= 0.3 is 5.97 Å². The number of carboxylic acid groups (broad SMARTS) is 1. The van der Waals surface area contributed by atoms with Gasteiger partial charge in [-0.3, -0.25) is 4.79 Å². The molecule has 1 saturated carbocycles. The second kappa shape index (κ2) is 13.1. The molecular weight excluding hydrogens is 534 g/mol. The highest BCUT2D eigenvalue weighted by Gasteiger charge is 2.18. The van der Waals surface area contributed by atoms with Crippen LogP contribution in [0, 0.1) is 0 Å². The number of aliphatic hydroxyl groups is 1. The Hall–Kier alpha value is -4.01. The van der Waals surface area contributed by atoms with Crippen LogP contribution in [-0.2, 0) is 17.9 Å². The smallest absolute Gasteiger partial charge is 0.335 e. The van der Waals surface area contributed by atoms with Gasteiger partial charge in [0.15, 0.2) is 5.13 Å². The van der Waals surface area contributed by atoms with Crippen LogP contribution in [0.1, 0.15) is 65.1 Å². The van der Waals surface area contributed by atoms with Crippen LogP contribution >= 0.6 is 11.3 Å². The van der Waals surface area contributed by atoms with Crippen molar-refractivity contribution in [3.63, 3.8) is 0 Å². The molecule has 0 aliphatic heterocycles. The van der Waals surface area contributed by atoms with E-state index < -0.39 is 12.6 Å². The zero-order valence-electron chi connectivity index (χ0n) is 23.2. The summed E-state index contributed by atoms with van der Waals surface area (Å²) in [6.07, 6.45) is 6.42. The zero-order chi connectivity index (χ0) is 28.8. The Morgan fingerprint density at radius 1 is 0.878 bits per heavy atom. The predicted octanol–water partition coefficient (Wildman–Crippen LogP) is 6.72. The van der Waals surface area contributed by atoms with Gasteiger partial charge in [-0.05, 0) is 59.7 Å². The summed E-state index contributed by atoms with van der Waals surface area (Å²) in [4.78, 5) is 32.2. The van der Waals surface area contributed by atoms with E-state index in [9.17, 15) is 14.7 Å². The first-order valence-electron chi connectivity index (χ1n) is 14.0. The number of thiazole rings is 1. The van der Waals surface area contributed by atoms with Gasteiger partial charge < -0.3 is 20.0 Å². The Kier molecular flexibility index (Phi) is 9.11. The summed E-state index contributed by atoms with van der Waals surface area (Å²) in [6.45, 7) is 0.442. The van der Waals surface area contributed by atoms with Crippen molar-refractivity contribution in [2.75, 3.05) is 23.5 Å². The number of benzene rings is 3. The lowest BCUT2D eigenvalue weighted by atomic mass is 9.84. The molecule has 1 aliphatic carbocycles. The number of amides is 1. The molecule has 1 fully saturated rings. The molecule has 4 aromatic rings. The van der Waals surface area contributed by atoms with E-state index >= 15 is 0 Å². The first-order valence-corrected chi connectivity index (χ1v) is 14.9. The lowest BCUT2D eigenvalue weighted by Gasteiger charge is -2.24. The molecule has 41 heavy (non-hydrogen) atoms. The van der Waals surface area contributed by atoms with E-state index in [1.165, 1.54) is 49.0 Å². The highest BCUT2D eigenvalue weighted by atomic mass is 32.1. The fourth-order valence-electron chi connectivity index (χ4n) is 5.40. The minimum Gasteiger partial charge on any atom is -0.478 e. The average molecular weight is 570 g/mol. The topological polar surface area (TPSA) is 94.0 Å². The van der Waals surface area contributed by atoms with Gasteiger partial charge in [-0.25, -0.2) is 9.78 Å². The highest BCUT2D eigenvalue weighted by Crippen LogP contribution is 2.33. The quantitative estimate of drug-likeness (QED) is 0.220. The summed E-state index contributed by atoms with van der Waals surface area (Å²) in [5.41, 5.74) is 6.16. The molecular formula is C33H35N3O4S. The Balaban J connectivity index is 1.25. The number of rotatable bonds is 10. The summed E-state index contributed by atoms with van der Waals surface area (Å²) >= 11 is 1.53. The van der Waals surface area contributed by atoms with Crippen LogP contribution in [0.25, 0.3) is 11.3 Å². The number of carboxylic acids is 1. The molecule has 0 saturated heterocycles. The maximum absolute atomic E-state index is 12.7. The van der Waals surface area contributed by atoms with Crippen molar-refractivity contribution in [1.29, 1.82) is 0 Å². The van der Waals surface area contributed by atoms with Gasteiger partial charge in [0.25, 0.3) is 5.91 Å².